The van der Waals surface area contributed by atoms with Gasteiger partial charge >= 0.3 is 5.69 Å². The zero-order valence-corrected chi connectivity index (χ0v) is 14.1. The summed E-state index contributed by atoms with van der Waals surface area (Å²) in [6, 6.07) is 9.46. The van der Waals surface area contributed by atoms with Gasteiger partial charge in [-0.15, -0.1) is 0 Å². The van der Waals surface area contributed by atoms with Crippen LogP contribution in [0.3, 0.4) is 0 Å². The maximum absolute atomic E-state index is 12.5. The maximum atomic E-state index is 12.5. The van der Waals surface area contributed by atoms with Crippen molar-refractivity contribution in [1.82, 2.24) is 9.13 Å². The quantitative estimate of drug-likeness (QED) is 0.559. The van der Waals surface area contributed by atoms with E-state index in [1.165, 1.54) is 39.5 Å². The SMILES string of the molecule is Cn1c(=O)n(C)c2cc(NS(=O)(=O)c3cccc([N+](=O)[O-])c3)ccc21. The number of imidazole rings is 1. The van der Waals surface area contributed by atoms with Crippen LogP contribution in [0.5, 0.6) is 0 Å². The zero-order chi connectivity index (χ0) is 18.4. The van der Waals surface area contributed by atoms with Crippen LogP contribution >= 0.6 is 0 Å². The molecule has 1 aromatic heterocycles. The number of nitrogens with zero attached hydrogens (tertiary/aromatic N) is 3. The van der Waals surface area contributed by atoms with Gasteiger partial charge in [-0.25, -0.2) is 13.2 Å². The van der Waals surface area contributed by atoms with E-state index in [-0.39, 0.29) is 22.0 Å². The van der Waals surface area contributed by atoms with Gasteiger partial charge in [0, 0.05) is 26.2 Å². The van der Waals surface area contributed by atoms with Gasteiger partial charge in [0.2, 0.25) is 0 Å². The molecule has 0 aliphatic carbocycles. The van der Waals surface area contributed by atoms with Crippen LogP contribution in [0.4, 0.5) is 11.4 Å². The second-order valence-electron chi connectivity index (χ2n) is 5.46. The summed E-state index contributed by atoms with van der Waals surface area (Å²) >= 11 is 0. The number of fused-ring (bicyclic) bond motifs is 1. The van der Waals surface area contributed by atoms with Crippen LogP contribution in [0.2, 0.25) is 0 Å². The molecule has 0 amide bonds. The van der Waals surface area contributed by atoms with Crippen LogP contribution in [-0.4, -0.2) is 22.5 Å². The molecule has 9 nitrogen and oxygen atoms in total. The maximum Gasteiger partial charge on any atom is 0.328 e. The lowest BCUT2D eigenvalue weighted by Gasteiger charge is -2.08. The fourth-order valence-corrected chi connectivity index (χ4v) is 3.64. The van der Waals surface area contributed by atoms with Crippen molar-refractivity contribution in [2.45, 2.75) is 4.90 Å². The fraction of sp³-hybridized carbons (Fsp3) is 0.133. The first-order valence-electron chi connectivity index (χ1n) is 7.13. The smallest absolute Gasteiger partial charge is 0.295 e. The lowest BCUT2D eigenvalue weighted by molar-refractivity contribution is -0.385. The van der Waals surface area contributed by atoms with Crippen LogP contribution < -0.4 is 10.4 Å². The van der Waals surface area contributed by atoms with Gasteiger partial charge in [-0.3, -0.25) is 24.0 Å². The summed E-state index contributed by atoms with van der Waals surface area (Å²) in [6.45, 7) is 0. The Bertz CT molecular complexity index is 1160. The highest BCUT2D eigenvalue weighted by molar-refractivity contribution is 7.92. The molecule has 0 aliphatic rings. The summed E-state index contributed by atoms with van der Waals surface area (Å²) in [7, 11) is -0.793. The van der Waals surface area contributed by atoms with Crippen molar-refractivity contribution in [2.75, 3.05) is 4.72 Å². The molecule has 1 N–H and O–H groups in total. The van der Waals surface area contributed by atoms with E-state index in [4.69, 9.17) is 0 Å². The van der Waals surface area contributed by atoms with Gasteiger partial charge in [-0.2, -0.15) is 0 Å². The van der Waals surface area contributed by atoms with Crippen molar-refractivity contribution in [1.29, 1.82) is 0 Å². The van der Waals surface area contributed by atoms with Gasteiger partial charge in [0.25, 0.3) is 15.7 Å². The Morgan fingerprint density at radius 1 is 1.04 bits per heavy atom. The second kappa shape index (κ2) is 5.74. The van der Waals surface area contributed by atoms with E-state index in [0.29, 0.717) is 11.0 Å². The van der Waals surface area contributed by atoms with Crippen LogP contribution in [0.15, 0.2) is 52.2 Å². The molecule has 25 heavy (non-hydrogen) atoms. The van der Waals surface area contributed by atoms with Gasteiger partial charge in [-0.1, -0.05) is 6.07 Å². The molecule has 0 fully saturated rings. The monoisotopic (exact) mass is 362 g/mol. The van der Waals surface area contributed by atoms with Crippen molar-refractivity contribution in [3.8, 4) is 0 Å². The molecule has 0 atom stereocenters. The molecular weight excluding hydrogens is 348 g/mol. The van der Waals surface area contributed by atoms with Crippen molar-refractivity contribution < 1.29 is 13.3 Å². The summed E-state index contributed by atoms with van der Waals surface area (Å²) in [5, 5.41) is 10.8. The van der Waals surface area contributed by atoms with E-state index in [1.807, 2.05) is 0 Å². The minimum Gasteiger partial charge on any atom is -0.295 e. The third kappa shape index (κ3) is 2.87. The van der Waals surface area contributed by atoms with Gasteiger partial charge in [0.1, 0.15) is 0 Å². The van der Waals surface area contributed by atoms with Gasteiger partial charge in [-0.05, 0) is 24.3 Å². The van der Waals surface area contributed by atoms with Crippen LogP contribution in [-0.2, 0) is 24.1 Å². The number of hydrogen-bond acceptors (Lipinski definition) is 5. The minimum absolute atomic E-state index is 0.219. The molecule has 10 heteroatoms. The average molecular weight is 362 g/mol. The lowest BCUT2D eigenvalue weighted by atomic mass is 10.3. The number of rotatable bonds is 4. The first-order valence-corrected chi connectivity index (χ1v) is 8.62. The van der Waals surface area contributed by atoms with Crippen molar-refractivity contribution in [3.63, 3.8) is 0 Å². The summed E-state index contributed by atoms with van der Waals surface area (Å²) in [5.41, 5.74) is 0.926. The molecule has 0 unspecified atom stereocenters. The van der Waals surface area contributed by atoms with Crippen molar-refractivity contribution in [2.24, 2.45) is 14.1 Å². The summed E-state index contributed by atoms with van der Waals surface area (Å²) < 4.78 is 30.2. The average Bonchev–Trinajstić information content (AvgIpc) is 2.79. The Balaban J connectivity index is 2.02. The summed E-state index contributed by atoms with van der Waals surface area (Å²) in [4.78, 5) is 21.9. The van der Waals surface area contributed by atoms with E-state index >= 15 is 0 Å². The predicted molar refractivity (Wildman–Crippen MR) is 92.1 cm³/mol. The molecule has 0 bridgehead atoms. The molecule has 2 aromatic carbocycles. The number of nitrogens with one attached hydrogen (secondary N) is 1. The predicted octanol–water partition coefficient (Wildman–Crippen LogP) is 1.59. The number of nitro groups is 1. The van der Waals surface area contributed by atoms with Crippen LogP contribution in [0, 0.1) is 10.1 Å². The Labute approximate surface area is 142 Å². The Morgan fingerprint density at radius 2 is 1.72 bits per heavy atom. The molecule has 0 radical (unpaired) electrons. The summed E-state index contributed by atoms with van der Waals surface area (Å²) in [5.74, 6) is 0. The molecule has 1 heterocycles. The van der Waals surface area contributed by atoms with E-state index in [9.17, 15) is 23.3 Å². The zero-order valence-electron chi connectivity index (χ0n) is 13.3. The molecule has 0 saturated heterocycles. The van der Waals surface area contributed by atoms with Gasteiger partial charge in [0.05, 0.1) is 26.5 Å². The van der Waals surface area contributed by atoms with Crippen molar-refractivity contribution in [3.05, 3.63) is 63.1 Å². The highest BCUT2D eigenvalue weighted by Gasteiger charge is 2.18. The molecule has 3 aromatic rings. The first-order chi connectivity index (χ1) is 11.7. The first kappa shape index (κ1) is 16.7. The highest BCUT2D eigenvalue weighted by Crippen LogP contribution is 2.23. The highest BCUT2D eigenvalue weighted by atomic mass is 32.2. The summed E-state index contributed by atoms with van der Waals surface area (Å²) in [6.07, 6.45) is 0. The molecule has 3 rings (SSSR count). The van der Waals surface area contributed by atoms with Gasteiger partial charge < -0.3 is 0 Å². The largest absolute Gasteiger partial charge is 0.328 e. The molecule has 0 aliphatic heterocycles. The fourth-order valence-electron chi connectivity index (χ4n) is 2.55. The van der Waals surface area contributed by atoms with Crippen LogP contribution in [0.1, 0.15) is 0 Å². The Morgan fingerprint density at radius 3 is 2.40 bits per heavy atom. The third-order valence-electron chi connectivity index (χ3n) is 3.86. The molecule has 0 spiro atoms. The second-order valence-corrected chi connectivity index (χ2v) is 7.15. The standard InChI is InChI=1S/C15H14N4O5S/c1-17-13-7-6-10(8-14(13)18(2)15(17)20)16-25(23,24)12-5-3-4-11(9-12)19(21)22/h3-9,16H,1-2H3. The number of nitro benzene ring substituents is 1. The molecule has 130 valence electrons. The number of aryl methyl sites for hydroxylation is 2. The lowest BCUT2D eigenvalue weighted by Crippen LogP contribution is -2.19. The molecule has 0 saturated carbocycles. The minimum atomic E-state index is -4.00. The number of non-ortho nitro benzene ring substituents is 1. The number of benzene rings is 2. The molecular formula is C15H14N4O5S. The number of anilines is 1. The number of aromatic nitrogens is 2. The van der Waals surface area contributed by atoms with Crippen molar-refractivity contribution >= 4 is 32.4 Å². The van der Waals surface area contributed by atoms with E-state index in [1.54, 1.807) is 20.2 Å². The van der Waals surface area contributed by atoms with E-state index in [2.05, 4.69) is 4.72 Å². The van der Waals surface area contributed by atoms with Crippen LogP contribution in [0.25, 0.3) is 11.0 Å². The normalized spacial score (nSPS) is 11.6. The number of sulfonamides is 1. The topological polar surface area (TPSA) is 116 Å². The Kier molecular flexibility index (Phi) is 3.84. The third-order valence-corrected chi connectivity index (χ3v) is 5.24. The van der Waals surface area contributed by atoms with E-state index in [0.717, 1.165) is 6.07 Å². The number of hydrogen-bond donors (Lipinski definition) is 1. The Hall–Kier alpha value is -3.14. The van der Waals surface area contributed by atoms with E-state index < -0.39 is 14.9 Å². The van der Waals surface area contributed by atoms with Gasteiger partial charge in [0.15, 0.2) is 0 Å².